The van der Waals surface area contributed by atoms with Gasteiger partial charge in [0.05, 0.1) is 16.3 Å². The van der Waals surface area contributed by atoms with E-state index in [1.165, 1.54) is 0 Å². The number of nitrogens with zero attached hydrogens (tertiary/aromatic N) is 3. The van der Waals surface area contributed by atoms with E-state index in [4.69, 9.17) is 16.7 Å². The Morgan fingerprint density at radius 2 is 2.15 bits per heavy atom. The van der Waals surface area contributed by atoms with Crippen molar-refractivity contribution in [2.24, 2.45) is 10.2 Å². The number of carboxylic acids is 1. The van der Waals surface area contributed by atoms with Crippen LogP contribution in [0.15, 0.2) is 40.7 Å². The minimum atomic E-state index is -1.02. The maximum atomic E-state index is 10.8. The summed E-state index contributed by atoms with van der Waals surface area (Å²) in [6, 6.07) is 7.69. The lowest BCUT2D eigenvalue weighted by atomic mass is 10.0. The van der Waals surface area contributed by atoms with Crippen molar-refractivity contribution in [2.45, 2.75) is 12.8 Å². The van der Waals surface area contributed by atoms with Gasteiger partial charge >= 0.3 is 5.97 Å². The molecule has 2 aromatic rings. The molecule has 100 valence electrons. The van der Waals surface area contributed by atoms with Crippen molar-refractivity contribution >= 4 is 39.9 Å². The zero-order valence-electron chi connectivity index (χ0n) is 10.4. The predicted octanol–water partition coefficient (Wildman–Crippen LogP) is 2.72. The Hall–Kier alpha value is -2.27. The van der Waals surface area contributed by atoms with Gasteiger partial charge in [-0.3, -0.25) is 4.98 Å². The fourth-order valence-electron chi connectivity index (χ4n) is 2.11. The van der Waals surface area contributed by atoms with Gasteiger partial charge in [0.25, 0.3) is 0 Å². The van der Waals surface area contributed by atoms with Crippen LogP contribution in [0.25, 0.3) is 10.9 Å². The van der Waals surface area contributed by atoms with Crippen molar-refractivity contribution in [3.05, 3.63) is 41.0 Å². The minimum Gasteiger partial charge on any atom is -0.477 e. The van der Waals surface area contributed by atoms with Crippen LogP contribution in [0.4, 0.5) is 0 Å². The van der Waals surface area contributed by atoms with E-state index >= 15 is 0 Å². The van der Waals surface area contributed by atoms with E-state index in [1.807, 2.05) is 24.3 Å². The number of pyridine rings is 1. The number of hydrogen-bond acceptors (Lipinski definition) is 4. The molecule has 0 fully saturated rings. The van der Waals surface area contributed by atoms with Crippen LogP contribution in [0.2, 0.25) is 5.02 Å². The Kier molecular flexibility index (Phi) is 3.20. The Bertz CT molecular complexity index is 768. The highest BCUT2D eigenvalue weighted by Crippen LogP contribution is 2.19. The largest absolute Gasteiger partial charge is 0.477 e. The molecule has 0 saturated carbocycles. The second-order valence-electron chi connectivity index (χ2n) is 4.55. The van der Waals surface area contributed by atoms with Crippen LogP contribution in [0.1, 0.15) is 12.0 Å². The number of aromatic nitrogens is 1. The van der Waals surface area contributed by atoms with Crippen LogP contribution >= 0.6 is 11.6 Å². The highest BCUT2D eigenvalue weighted by molar-refractivity contribution is 6.40. The molecule has 5 nitrogen and oxygen atoms in total. The summed E-state index contributed by atoms with van der Waals surface area (Å²) < 4.78 is 0. The maximum absolute atomic E-state index is 10.8. The van der Waals surface area contributed by atoms with Gasteiger partial charge in [-0.2, -0.15) is 5.10 Å². The SMILES string of the molecule is O=C(O)C1=NN=C(Cc2ccc3ncc(Cl)cc3c2)C1. The molecule has 1 aromatic heterocycles. The van der Waals surface area contributed by atoms with Crippen LogP contribution in [-0.2, 0) is 11.2 Å². The average Bonchev–Trinajstić information content (AvgIpc) is 2.87. The maximum Gasteiger partial charge on any atom is 0.352 e. The molecule has 1 N–H and O–H groups in total. The van der Waals surface area contributed by atoms with Crippen molar-refractivity contribution < 1.29 is 9.90 Å². The summed E-state index contributed by atoms with van der Waals surface area (Å²) in [6.07, 6.45) is 2.47. The summed E-state index contributed by atoms with van der Waals surface area (Å²) >= 11 is 5.93. The summed E-state index contributed by atoms with van der Waals surface area (Å²) in [5.74, 6) is -1.02. The van der Waals surface area contributed by atoms with Gasteiger partial charge in [0, 0.05) is 24.4 Å². The molecule has 0 aliphatic carbocycles. The number of aliphatic carboxylic acids is 1. The number of carbonyl (C=O) groups is 1. The van der Waals surface area contributed by atoms with Gasteiger partial charge in [-0.15, -0.1) is 5.10 Å². The molecule has 0 bridgehead atoms. The first-order chi connectivity index (χ1) is 9.61. The number of carboxylic acid groups (broad SMARTS) is 1. The molecule has 0 radical (unpaired) electrons. The molecule has 1 aliphatic heterocycles. The number of hydrogen-bond donors (Lipinski definition) is 1. The Balaban J connectivity index is 1.81. The van der Waals surface area contributed by atoms with Gasteiger partial charge in [0.1, 0.15) is 0 Å². The van der Waals surface area contributed by atoms with Crippen molar-refractivity contribution in [3.8, 4) is 0 Å². The van der Waals surface area contributed by atoms with Gasteiger partial charge in [-0.25, -0.2) is 4.79 Å². The second-order valence-corrected chi connectivity index (χ2v) is 4.99. The lowest BCUT2D eigenvalue weighted by Gasteiger charge is -2.03. The molecule has 0 atom stereocenters. The summed E-state index contributed by atoms with van der Waals surface area (Å²) in [6.45, 7) is 0. The average molecular weight is 288 g/mol. The lowest BCUT2D eigenvalue weighted by Crippen LogP contribution is -2.14. The van der Waals surface area contributed by atoms with Crippen LogP contribution in [0, 0.1) is 0 Å². The molecule has 0 unspecified atom stereocenters. The van der Waals surface area contributed by atoms with Crippen LogP contribution < -0.4 is 0 Å². The second kappa shape index (κ2) is 5.02. The zero-order valence-corrected chi connectivity index (χ0v) is 11.1. The molecule has 2 heterocycles. The van der Waals surface area contributed by atoms with Gasteiger partial charge in [-0.05, 0) is 23.8 Å². The molecule has 0 saturated heterocycles. The smallest absolute Gasteiger partial charge is 0.352 e. The van der Waals surface area contributed by atoms with Crippen molar-refractivity contribution in [2.75, 3.05) is 0 Å². The van der Waals surface area contributed by atoms with E-state index in [-0.39, 0.29) is 5.71 Å². The molecule has 3 rings (SSSR count). The Labute approximate surface area is 119 Å². The summed E-state index contributed by atoms with van der Waals surface area (Å²) in [4.78, 5) is 15.0. The number of benzene rings is 1. The molecular weight excluding hydrogens is 278 g/mol. The first kappa shape index (κ1) is 12.7. The third kappa shape index (κ3) is 2.53. The monoisotopic (exact) mass is 287 g/mol. The third-order valence-electron chi connectivity index (χ3n) is 3.05. The number of halogens is 1. The molecule has 0 spiro atoms. The van der Waals surface area contributed by atoms with Crippen LogP contribution in [-0.4, -0.2) is 27.5 Å². The van der Waals surface area contributed by atoms with E-state index in [2.05, 4.69) is 15.2 Å². The molecule has 6 heteroatoms. The summed E-state index contributed by atoms with van der Waals surface area (Å²) in [7, 11) is 0. The van der Waals surface area contributed by atoms with E-state index in [0.29, 0.717) is 17.9 Å². The van der Waals surface area contributed by atoms with Gasteiger partial charge in [0.2, 0.25) is 0 Å². The fraction of sp³-hybridized carbons (Fsp3) is 0.143. The number of fused-ring (bicyclic) bond motifs is 1. The summed E-state index contributed by atoms with van der Waals surface area (Å²) in [5.41, 5.74) is 2.73. The van der Waals surface area contributed by atoms with E-state index in [1.54, 1.807) is 6.20 Å². The molecule has 1 aliphatic rings. The Morgan fingerprint density at radius 1 is 1.30 bits per heavy atom. The van der Waals surface area contributed by atoms with Gasteiger partial charge in [0.15, 0.2) is 5.71 Å². The van der Waals surface area contributed by atoms with Gasteiger partial charge < -0.3 is 5.11 Å². The standard InChI is InChI=1S/C14H10ClN3O2/c15-10-5-9-3-8(1-2-12(9)16-7-10)4-11-6-13(14(19)20)18-17-11/h1-3,5,7H,4,6H2,(H,19,20). The van der Waals surface area contributed by atoms with E-state index in [9.17, 15) is 4.79 Å². The highest BCUT2D eigenvalue weighted by atomic mass is 35.5. The quantitative estimate of drug-likeness (QED) is 0.943. The highest BCUT2D eigenvalue weighted by Gasteiger charge is 2.18. The van der Waals surface area contributed by atoms with Crippen molar-refractivity contribution in [3.63, 3.8) is 0 Å². The zero-order chi connectivity index (χ0) is 14.1. The molecule has 1 aromatic carbocycles. The third-order valence-corrected chi connectivity index (χ3v) is 3.26. The minimum absolute atomic E-state index is 0.0884. The van der Waals surface area contributed by atoms with Crippen molar-refractivity contribution in [1.82, 2.24) is 4.98 Å². The van der Waals surface area contributed by atoms with Gasteiger partial charge in [-0.1, -0.05) is 17.7 Å². The van der Waals surface area contributed by atoms with E-state index in [0.717, 1.165) is 22.2 Å². The van der Waals surface area contributed by atoms with Crippen LogP contribution in [0.5, 0.6) is 0 Å². The number of rotatable bonds is 3. The predicted molar refractivity (Wildman–Crippen MR) is 77.6 cm³/mol. The van der Waals surface area contributed by atoms with Crippen LogP contribution in [0.3, 0.4) is 0 Å². The molecular formula is C14H10ClN3O2. The summed E-state index contributed by atoms with van der Waals surface area (Å²) in [5, 5.41) is 18.0. The lowest BCUT2D eigenvalue weighted by molar-refractivity contribution is -0.129. The first-order valence-electron chi connectivity index (χ1n) is 6.01. The fourth-order valence-corrected chi connectivity index (χ4v) is 2.28. The van der Waals surface area contributed by atoms with Crippen molar-refractivity contribution in [1.29, 1.82) is 0 Å². The first-order valence-corrected chi connectivity index (χ1v) is 6.39. The molecule has 0 amide bonds. The molecule has 20 heavy (non-hydrogen) atoms. The Morgan fingerprint density at radius 3 is 2.90 bits per heavy atom. The normalized spacial score (nSPS) is 14.2. The van der Waals surface area contributed by atoms with E-state index < -0.39 is 5.97 Å². The topological polar surface area (TPSA) is 74.9 Å².